The molecule has 9 aromatic rings. The van der Waals surface area contributed by atoms with Gasteiger partial charge in [-0.25, -0.2) is 0 Å². The molecule has 9 rings (SSSR count). The van der Waals surface area contributed by atoms with Crippen LogP contribution in [0.25, 0.3) is 61.1 Å². The van der Waals surface area contributed by atoms with Gasteiger partial charge in [0.15, 0.2) is 0 Å². The van der Waals surface area contributed by atoms with Crippen LogP contribution in [0.3, 0.4) is 0 Å². The lowest BCUT2D eigenvalue weighted by atomic mass is 9.92. The lowest BCUT2D eigenvalue weighted by Crippen LogP contribution is -2.09. The summed E-state index contributed by atoms with van der Waals surface area (Å²) in [6.07, 6.45) is 10.5. The molecule has 6 nitrogen and oxygen atoms in total. The summed E-state index contributed by atoms with van der Waals surface area (Å²) in [5.74, 6) is 0. The molecule has 0 fully saturated rings. The van der Waals surface area contributed by atoms with Crippen LogP contribution in [0.5, 0.6) is 0 Å². The highest BCUT2D eigenvalue weighted by molar-refractivity contribution is 6.10. The van der Waals surface area contributed by atoms with E-state index in [2.05, 4.69) is 176 Å². The van der Waals surface area contributed by atoms with Gasteiger partial charge in [0.25, 0.3) is 0 Å². The fourth-order valence-corrected chi connectivity index (χ4v) is 7.07. The SMILES string of the molecule is Cc1c(-c2cnccn2)cc(-c2ccc(-n3c4ccccc4c4cc(N(c5ccccc5)c5ccccc5)ccc43)cc2)cc1-c1cnccn1. The van der Waals surface area contributed by atoms with Gasteiger partial charge in [0, 0.05) is 69.4 Å². The summed E-state index contributed by atoms with van der Waals surface area (Å²) >= 11 is 0. The summed E-state index contributed by atoms with van der Waals surface area (Å²) < 4.78 is 2.36. The summed E-state index contributed by atoms with van der Waals surface area (Å²) in [6, 6.07) is 49.7. The molecular weight excluding hydrogens is 625 g/mol. The number of para-hydroxylation sites is 3. The van der Waals surface area contributed by atoms with Gasteiger partial charge in [-0.3, -0.25) is 19.9 Å². The monoisotopic (exact) mass is 656 g/mol. The summed E-state index contributed by atoms with van der Waals surface area (Å²) in [4.78, 5) is 20.3. The molecule has 242 valence electrons. The van der Waals surface area contributed by atoms with E-state index in [9.17, 15) is 0 Å². The molecule has 0 bridgehead atoms. The Morgan fingerprint density at radius 3 is 1.63 bits per heavy atom. The molecule has 0 saturated heterocycles. The van der Waals surface area contributed by atoms with Crippen molar-refractivity contribution in [1.82, 2.24) is 24.5 Å². The van der Waals surface area contributed by atoms with E-state index in [4.69, 9.17) is 0 Å². The van der Waals surface area contributed by atoms with Gasteiger partial charge in [-0.05, 0) is 96.4 Å². The minimum Gasteiger partial charge on any atom is -0.310 e. The maximum absolute atomic E-state index is 4.63. The Bertz CT molecular complexity index is 2520. The number of aromatic nitrogens is 5. The third kappa shape index (κ3) is 5.49. The zero-order valence-corrected chi connectivity index (χ0v) is 27.9. The topological polar surface area (TPSA) is 59.7 Å². The Hall–Kier alpha value is -6.92. The van der Waals surface area contributed by atoms with Crippen LogP contribution in [-0.4, -0.2) is 24.5 Å². The van der Waals surface area contributed by atoms with Crippen LogP contribution in [0.15, 0.2) is 177 Å². The molecule has 0 amide bonds. The highest BCUT2D eigenvalue weighted by Crippen LogP contribution is 2.40. The maximum atomic E-state index is 4.63. The normalized spacial score (nSPS) is 11.2. The van der Waals surface area contributed by atoms with Crippen LogP contribution in [-0.2, 0) is 0 Å². The minimum absolute atomic E-state index is 0.821. The van der Waals surface area contributed by atoms with Gasteiger partial charge in [0.1, 0.15) is 0 Å². The molecule has 6 heteroatoms. The van der Waals surface area contributed by atoms with Crippen molar-refractivity contribution in [3.05, 3.63) is 182 Å². The van der Waals surface area contributed by atoms with Gasteiger partial charge in [-0.1, -0.05) is 66.7 Å². The first-order valence-electron chi connectivity index (χ1n) is 16.9. The predicted octanol–water partition coefficient (Wildman–Crippen LogP) is 11.1. The number of benzene rings is 6. The Morgan fingerprint density at radius 1 is 0.471 bits per heavy atom. The van der Waals surface area contributed by atoms with Crippen molar-refractivity contribution >= 4 is 38.9 Å². The van der Waals surface area contributed by atoms with Crippen LogP contribution in [0, 0.1) is 6.92 Å². The molecular formula is C45H32N6. The van der Waals surface area contributed by atoms with Crippen LogP contribution >= 0.6 is 0 Å². The van der Waals surface area contributed by atoms with Gasteiger partial charge >= 0.3 is 0 Å². The largest absolute Gasteiger partial charge is 0.310 e. The average molecular weight is 657 g/mol. The Kier molecular flexibility index (Phi) is 7.59. The van der Waals surface area contributed by atoms with Gasteiger partial charge in [0.2, 0.25) is 0 Å². The molecule has 3 heterocycles. The molecule has 0 unspecified atom stereocenters. The molecule has 0 aliphatic heterocycles. The van der Waals surface area contributed by atoms with Crippen molar-refractivity contribution in [2.75, 3.05) is 4.90 Å². The number of hydrogen-bond acceptors (Lipinski definition) is 5. The third-order valence-electron chi connectivity index (χ3n) is 9.49. The van der Waals surface area contributed by atoms with Gasteiger partial charge < -0.3 is 9.47 Å². The van der Waals surface area contributed by atoms with Gasteiger partial charge in [0.05, 0.1) is 34.8 Å². The van der Waals surface area contributed by atoms with Crippen molar-refractivity contribution in [3.8, 4) is 39.3 Å². The second kappa shape index (κ2) is 12.8. The van der Waals surface area contributed by atoms with Crippen molar-refractivity contribution in [2.24, 2.45) is 0 Å². The van der Waals surface area contributed by atoms with Gasteiger partial charge in [-0.15, -0.1) is 0 Å². The quantitative estimate of drug-likeness (QED) is 0.171. The number of anilines is 3. The summed E-state index contributed by atoms with van der Waals surface area (Å²) in [5, 5.41) is 2.41. The zero-order valence-electron chi connectivity index (χ0n) is 27.9. The van der Waals surface area contributed by atoms with E-state index in [-0.39, 0.29) is 0 Å². The van der Waals surface area contributed by atoms with Gasteiger partial charge in [-0.2, -0.15) is 0 Å². The van der Waals surface area contributed by atoms with Crippen LogP contribution in [0.1, 0.15) is 5.56 Å². The highest BCUT2D eigenvalue weighted by atomic mass is 15.1. The maximum Gasteiger partial charge on any atom is 0.0888 e. The molecule has 0 radical (unpaired) electrons. The van der Waals surface area contributed by atoms with Crippen LogP contribution < -0.4 is 4.90 Å². The predicted molar refractivity (Wildman–Crippen MR) is 208 cm³/mol. The van der Waals surface area contributed by atoms with Crippen molar-refractivity contribution in [3.63, 3.8) is 0 Å². The van der Waals surface area contributed by atoms with Crippen LogP contribution in [0.4, 0.5) is 17.1 Å². The summed E-state index contributed by atoms with van der Waals surface area (Å²) in [6.45, 7) is 2.10. The van der Waals surface area contributed by atoms with Crippen molar-refractivity contribution in [1.29, 1.82) is 0 Å². The molecule has 0 atom stereocenters. The average Bonchev–Trinajstić information content (AvgIpc) is 3.53. The second-order valence-electron chi connectivity index (χ2n) is 12.5. The molecule has 6 aromatic carbocycles. The van der Waals surface area contributed by atoms with Crippen molar-refractivity contribution in [2.45, 2.75) is 6.92 Å². The number of nitrogens with zero attached hydrogens (tertiary/aromatic N) is 6. The van der Waals surface area contributed by atoms with E-state index < -0.39 is 0 Å². The number of hydrogen-bond donors (Lipinski definition) is 0. The lowest BCUT2D eigenvalue weighted by Gasteiger charge is -2.25. The van der Waals surface area contributed by atoms with E-state index in [1.54, 1.807) is 24.8 Å². The number of fused-ring (bicyclic) bond motifs is 3. The Balaban J connectivity index is 1.16. The Morgan fingerprint density at radius 2 is 1.04 bits per heavy atom. The van der Waals surface area contributed by atoms with Crippen LogP contribution in [0.2, 0.25) is 0 Å². The smallest absolute Gasteiger partial charge is 0.0888 e. The first kappa shape index (κ1) is 30.2. The molecule has 51 heavy (non-hydrogen) atoms. The van der Waals surface area contributed by atoms with E-state index in [1.165, 1.54) is 10.8 Å². The first-order chi connectivity index (χ1) is 25.2. The minimum atomic E-state index is 0.821. The van der Waals surface area contributed by atoms with E-state index in [1.807, 2.05) is 12.4 Å². The molecule has 0 aliphatic carbocycles. The van der Waals surface area contributed by atoms with E-state index >= 15 is 0 Å². The third-order valence-corrected chi connectivity index (χ3v) is 9.49. The van der Waals surface area contributed by atoms with E-state index in [0.29, 0.717) is 0 Å². The molecule has 0 saturated carbocycles. The Labute approximate surface area is 296 Å². The molecule has 0 spiro atoms. The summed E-state index contributed by atoms with van der Waals surface area (Å²) in [7, 11) is 0. The zero-order chi connectivity index (χ0) is 34.1. The van der Waals surface area contributed by atoms with Crippen molar-refractivity contribution < 1.29 is 0 Å². The first-order valence-corrected chi connectivity index (χ1v) is 16.9. The fraction of sp³-hybridized carbons (Fsp3) is 0.0222. The van der Waals surface area contributed by atoms with E-state index in [0.717, 1.165) is 73.0 Å². The summed E-state index contributed by atoms with van der Waals surface area (Å²) in [5.41, 5.74) is 13.7. The standard InChI is InChI=1S/C45H32N6/c1-31-39(42-29-46-22-24-48-42)26-33(27-40(31)43-30-47-23-25-49-43)32-16-18-36(19-17-32)51-44-15-9-8-14-38(44)41-28-37(20-21-45(41)51)50(34-10-4-2-5-11-34)35-12-6-3-7-13-35/h2-30H,1H3. The fourth-order valence-electron chi connectivity index (χ4n) is 7.07. The highest BCUT2D eigenvalue weighted by Gasteiger charge is 2.18. The molecule has 3 aromatic heterocycles. The molecule has 0 aliphatic rings. The molecule has 0 N–H and O–H groups in total. The lowest BCUT2D eigenvalue weighted by molar-refractivity contribution is 1.18. The number of rotatable bonds is 7. The second-order valence-corrected chi connectivity index (χ2v) is 12.5.